The fourth-order valence-electron chi connectivity index (χ4n) is 2.54. The van der Waals surface area contributed by atoms with E-state index in [1.807, 2.05) is 0 Å². The van der Waals surface area contributed by atoms with Gasteiger partial charge in [0.1, 0.15) is 11.8 Å². The number of benzene rings is 1. The van der Waals surface area contributed by atoms with E-state index in [0.29, 0.717) is 22.2 Å². The zero-order chi connectivity index (χ0) is 16.8. The highest BCUT2D eigenvalue weighted by Gasteiger charge is 2.26. The molecule has 0 aliphatic carbocycles. The van der Waals surface area contributed by atoms with Crippen LogP contribution in [0.3, 0.4) is 0 Å². The van der Waals surface area contributed by atoms with E-state index < -0.39 is 10.5 Å². The molecule has 8 nitrogen and oxygen atoms in total. The van der Waals surface area contributed by atoms with Crippen LogP contribution < -0.4 is 5.73 Å². The second kappa shape index (κ2) is 5.03. The molecule has 0 fully saturated rings. The number of rotatable bonds is 3. The lowest BCUT2D eigenvalue weighted by atomic mass is 9.92. The maximum absolute atomic E-state index is 10.8. The summed E-state index contributed by atoms with van der Waals surface area (Å²) in [4.78, 5) is 14.3. The van der Waals surface area contributed by atoms with Crippen LogP contribution in [0.25, 0.3) is 16.6 Å². The first kappa shape index (κ1) is 14.9. The maximum atomic E-state index is 10.8. The Kier molecular flexibility index (Phi) is 3.26. The first-order chi connectivity index (χ1) is 10.8. The molecular formula is C15H15N5O3. The van der Waals surface area contributed by atoms with Gasteiger partial charge in [-0.3, -0.25) is 10.1 Å². The van der Waals surface area contributed by atoms with Crippen LogP contribution in [0, 0.1) is 10.1 Å². The summed E-state index contributed by atoms with van der Waals surface area (Å²) in [5.74, 6) is 0.267. The van der Waals surface area contributed by atoms with Crippen molar-refractivity contribution in [2.75, 3.05) is 5.73 Å². The second-order valence-electron chi connectivity index (χ2n) is 5.72. The van der Waals surface area contributed by atoms with Crippen molar-refractivity contribution in [3.8, 4) is 11.1 Å². The lowest BCUT2D eigenvalue weighted by Crippen LogP contribution is -2.15. The van der Waals surface area contributed by atoms with Gasteiger partial charge in [0.25, 0.3) is 5.69 Å². The van der Waals surface area contributed by atoms with Crippen molar-refractivity contribution in [2.45, 2.75) is 19.4 Å². The van der Waals surface area contributed by atoms with Crippen LogP contribution in [-0.4, -0.2) is 24.6 Å². The van der Waals surface area contributed by atoms with E-state index in [0.717, 1.165) is 0 Å². The number of hydrogen-bond donors (Lipinski definition) is 2. The SMILES string of the molecule is CC(C)(O)c1cn2ncnc(N)c2c1-c1ccc([N+](=O)[O-])cc1. The van der Waals surface area contributed by atoms with Gasteiger partial charge >= 0.3 is 0 Å². The summed E-state index contributed by atoms with van der Waals surface area (Å²) >= 11 is 0. The number of nitro groups is 1. The third-order valence-corrected chi connectivity index (χ3v) is 3.63. The molecular weight excluding hydrogens is 298 g/mol. The molecule has 0 saturated heterocycles. The van der Waals surface area contributed by atoms with Gasteiger partial charge in [-0.2, -0.15) is 5.10 Å². The molecule has 118 valence electrons. The average Bonchev–Trinajstić information content (AvgIpc) is 2.88. The smallest absolute Gasteiger partial charge is 0.269 e. The average molecular weight is 313 g/mol. The fourth-order valence-corrected chi connectivity index (χ4v) is 2.54. The molecule has 0 amide bonds. The van der Waals surface area contributed by atoms with Gasteiger partial charge in [-0.1, -0.05) is 0 Å². The third kappa shape index (κ3) is 2.49. The number of nitrogens with zero attached hydrogens (tertiary/aromatic N) is 4. The molecule has 0 aliphatic rings. The highest BCUT2D eigenvalue weighted by molar-refractivity contribution is 5.90. The highest BCUT2D eigenvalue weighted by Crippen LogP contribution is 2.38. The molecule has 0 aliphatic heterocycles. The van der Waals surface area contributed by atoms with Crippen LogP contribution in [0.1, 0.15) is 19.4 Å². The highest BCUT2D eigenvalue weighted by atomic mass is 16.6. The molecule has 3 aromatic rings. The molecule has 3 N–H and O–H groups in total. The van der Waals surface area contributed by atoms with Crippen molar-refractivity contribution < 1.29 is 10.0 Å². The van der Waals surface area contributed by atoms with Gasteiger partial charge in [0, 0.05) is 29.5 Å². The van der Waals surface area contributed by atoms with Crippen molar-refractivity contribution >= 4 is 17.0 Å². The Balaban J connectivity index is 2.32. The maximum Gasteiger partial charge on any atom is 0.269 e. The van der Waals surface area contributed by atoms with Crippen LogP contribution >= 0.6 is 0 Å². The number of non-ortho nitro benzene ring substituents is 1. The van der Waals surface area contributed by atoms with E-state index in [1.165, 1.54) is 18.5 Å². The van der Waals surface area contributed by atoms with E-state index in [1.54, 1.807) is 36.7 Å². The molecule has 2 heterocycles. The van der Waals surface area contributed by atoms with Gasteiger partial charge in [-0.15, -0.1) is 0 Å². The number of nitrogens with two attached hydrogens (primary N) is 1. The minimum atomic E-state index is -1.14. The van der Waals surface area contributed by atoms with Gasteiger partial charge < -0.3 is 10.8 Å². The molecule has 0 spiro atoms. The van der Waals surface area contributed by atoms with Crippen LogP contribution in [0.4, 0.5) is 11.5 Å². The Bertz CT molecular complexity index is 894. The number of aromatic nitrogens is 3. The van der Waals surface area contributed by atoms with E-state index in [4.69, 9.17) is 5.73 Å². The molecule has 0 unspecified atom stereocenters. The van der Waals surface area contributed by atoms with E-state index in [9.17, 15) is 15.2 Å². The van der Waals surface area contributed by atoms with Gasteiger partial charge in [0.2, 0.25) is 0 Å². The largest absolute Gasteiger partial charge is 0.386 e. The summed E-state index contributed by atoms with van der Waals surface area (Å²) in [6.07, 6.45) is 3.01. The number of anilines is 1. The molecule has 0 radical (unpaired) electrons. The summed E-state index contributed by atoms with van der Waals surface area (Å²) in [5.41, 5.74) is 7.33. The normalized spacial score (nSPS) is 11.8. The van der Waals surface area contributed by atoms with Crippen LogP contribution in [0.5, 0.6) is 0 Å². The zero-order valence-electron chi connectivity index (χ0n) is 12.6. The molecule has 0 atom stereocenters. The molecule has 23 heavy (non-hydrogen) atoms. The van der Waals surface area contributed by atoms with E-state index >= 15 is 0 Å². The molecule has 0 saturated carbocycles. The van der Waals surface area contributed by atoms with E-state index in [2.05, 4.69) is 10.1 Å². The standard InChI is InChI=1S/C15H15N5O3/c1-15(2,21)11-7-19-13(14(16)17-8-18-19)12(11)9-3-5-10(6-4-9)20(22)23/h3-8,21H,1-2H3,(H2,16,17,18). The van der Waals surface area contributed by atoms with Crippen molar-refractivity contribution in [3.63, 3.8) is 0 Å². The van der Waals surface area contributed by atoms with Crippen LogP contribution in [-0.2, 0) is 5.60 Å². The predicted molar refractivity (Wildman–Crippen MR) is 84.7 cm³/mol. The van der Waals surface area contributed by atoms with E-state index in [-0.39, 0.29) is 11.5 Å². The minimum Gasteiger partial charge on any atom is -0.386 e. The Labute approximate surface area is 131 Å². The zero-order valence-corrected chi connectivity index (χ0v) is 12.6. The van der Waals surface area contributed by atoms with Crippen molar-refractivity contribution in [1.82, 2.24) is 14.6 Å². The Morgan fingerprint density at radius 1 is 1.30 bits per heavy atom. The minimum absolute atomic E-state index is 0.00806. The van der Waals surface area contributed by atoms with Crippen LogP contribution in [0.15, 0.2) is 36.8 Å². The van der Waals surface area contributed by atoms with Gasteiger partial charge in [0.15, 0.2) is 5.82 Å². The predicted octanol–water partition coefficient (Wildman–Crippen LogP) is 2.11. The topological polar surface area (TPSA) is 120 Å². The Hall–Kier alpha value is -3.00. The first-order valence-electron chi connectivity index (χ1n) is 6.88. The van der Waals surface area contributed by atoms with Crippen molar-refractivity contribution in [3.05, 3.63) is 52.5 Å². The second-order valence-corrected chi connectivity index (χ2v) is 5.72. The fraction of sp³-hybridized carbons (Fsp3) is 0.200. The summed E-state index contributed by atoms with van der Waals surface area (Å²) in [5, 5.41) is 25.4. The monoisotopic (exact) mass is 313 g/mol. The summed E-state index contributed by atoms with van der Waals surface area (Å²) in [7, 11) is 0. The Morgan fingerprint density at radius 3 is 2.52 bits per heavy atom. The summed E-state index contributed by atoms with van der Waals surface area (Å²) < 4.78 is 1.55. The molecule has 3 rings (SSSR count). The number of nitro benzene ring substituents is 1. The van der Waals surface area contributed by atoms with Crippen molar-refractivity contribution in [2.24, 2.45) is 0 Å². The van der Waals surface area contributed by atoms with Gasteiger partial charge in [-0.25, -0.2) is 9.50 Å². The molecule has 8 heteroatoms. The molecule has 1 aromatic carbocycles. The lowest BCUT2D eigenvalue weighted by Gasteiger charge is -2.18. The number of aliphatic hydroxyl groups is 1. The lowest BCUT2D eigenvalue weighted by molar-refractivity contribution is -0.384. The number of hydrogen-bond acceptors (Lipinski definition) is 6. The number of fused-ring (bicyclic) bond motifs is 1. The summed E-state index contributed by atoms with van der Waals surface area (Å²) in [6.45, 7) is 3.31. The molecule has 0 bridgehead atoms. The molecule has 2 aromatic heterocycles. The number of nitrogen functional groups attached to an aromatic ring is 1. The van der Waals surface area contributed by atoms with Crippen LogP contribution in [0.2, 0.25) is 0 Å². The van der Waals surface area contributed by atoms with Gasteiger partial charge in [-0.05, 0) is 31.5 Å². The van der Waals surface area contributed by atoms with Crippen molar-refractivity contribution in [1.29, 1.82) is 0 Å². The first-order valence-corrected chi connectivity index (χ1v) is 6.88. The van der Waals surface area contributed by atoms with Gasteiger partial charge in [0.05, 0.1) is 10.5 Å². The third-order valence-electron chi connectivity index (χ3n) is 3.63. The quantitative estimate of drug-likeness (QED) is 0.564. The Morgan fingerprint density at radius 2 is 1.96 bits per heavy atom. The summed E-state index contributed by atoms with van der Waals surface area (Å²) in [6, 6.07) is 6.06.